The molecular formula is C15H15NO2. The Bertz CT molecular complexity index is 518. The zero-order valence-corrected chi connectivity index (χ0v) is 10.5. The van der Waals surface area contributed by atoms with Crippen molar-refractivity contribution in [2.45, 2.75) is 6.92 Å². The van der Waals surface area contributed by atoms with Gasteiger partial charge in [-0.05, 0) is 48.9 Å². The van der Waals surface area contributed by atoms with Crippen molar-refractivity contribution in [3.05, 3.63) is 60.2 Å². The zero-order chi connectivity index (χ0) is 12.8. The van der Waals surface area contributed by atoms with Crippen LogP contribution in [0.2, 0.25) is 0 Å². The molecule has 2 aromatic rings. The maximum Gasteiger partial charge on any atom is 0.127 e. The Morgan fingerprint density at radius 3 is 2.11 bits per heavy atom. The Hall–Kier alpha value is -2.29. The van der Waals surface area contributed by atoms with E-state index in [1.807, 2.05) is 61.5 Å². The Kier molecular flexibility index (Phi) is 3.97. The molecule has 92 valence electrons. The molecule has 2 rings (SSSR count). The summed E-state index contributed by atoms with van der Waals surface area (Å²) in [6, 6.07) is 17.4. The number of ether oxygens (including phenoxy) is 1. The molecule has 0 fully saturated rings. The van der Waals surface area contributed by atoms with Gasteiger partial charge in [0.05, 0.1) is 5.71 Å². The summed E-state index contributed by atoms with van der Waals surface area (Å²) in [6.45, 7) is 1.90. The summed E-state index contributed by atoms with van der Waals surface area (Å²) in [5.41, 5.74) is 1.85. The molecule has 0 aromatic heterocycles. The molecule has 18 heavy (non-hydrogen) atoms. The fourth-order valence-electron chi connectivity index (χ4n) is 1.58. The van der Waals surface area contributed by atoms with Crippen LogP contribution in [0.5, 0.6) is 11.5 Å². The third-order valence-corrected chi connectivity index (χ3v) is 2.48. The Morgan fingerprint density at radius 1 is 0.889 bits per heavy atom. The molecule has 0 heterocycles. The van der Waals surface area contributed by atoms with E-state index in [-0.39, 0.29) is 0 Å². The third kappa shape index (κ3) is 3.10. The lowest BCUT2D eigenvalue weighted by Gasteiger charge is -2.06. The van der Waals surface area contributed by atoms with E-state index in [0.717, 1.165) is 22.8 Å². The van der Waals surface area contributed by atoms with Gasteiger partial charge in [0.1, 0.15) is 18.6 Å². The highest BCUT2D eigenvalue weighted by Gasteiger charge is 2.00. The number of hydrogen-bond donors (Lipinski definition) is 0. The van der Waals surface area contributed by atoms with Crippen LogP contribution in [0.15, 0.2) is 59.8 Å². The fraction of sp³-hybridized carbons (Fsp3) is 0.133. The molecule has 0 amide bonds. The summed E-state index contributed by atoms with van der Waals surface area (Å²) in [5, 5.41) is 3.88. The van der Waals surface area contributed by atoms with Crippen LogP contribution in [0.1, 0.15) is 12.5 Å². The quantitative estimate of drug-likeness (QED) is 0.601. The first-order valence-electron chi connectivity index (χ1n) is 5.70. The van der Waals surface area contributed by atoms with Crippen molar-refractivity contribution in [3.8, 4) is 11.5 Å². The number of benzene rings is 2. The normalized spacial score (nSPS) is 11.1. The third-order valence-electron chi connectivity index (χ3n) is 2.48. The first-order valence-corrected chi connectivity index (χ1v) is 5.70. The smallest absolute Gasteiger partial charge is 0.127 e. The molecule has 0 saturated heterocycles. The van der Waals surface area contributed by atoms with E-state index < -0.39 is 0 Å². The number of oxime groups is 1. The van der Waals surface area contributed by atoms with Gasteiger partial charge in [-0.25, -0.2) is 0 Å². The summed E-state index contributed by atoms with van der Waals surface area (Å²) in [6.07, 6.45) is 0. The van der Waals surface area contributed by atoms with Gasteiger partial charge in [0.15, 0.2) is 0 Å². The largest absolute Gasteiger partial charge is 0.457 e. The van der Waals surface area contributed by atoms with E-state index >= 15 is 0 Å². The van der Waals surface area contributed by atoms with E-state index in [1.165, 1.54) is 7.11 Å². The van der Waals surface area contributed by atoms with E-state index in [1.54, 1.807) is 0 Å². The molecule has 0 bridgehead atoms. The van der Waals surface area contributed by atoms with Gasteiger partial charge in [0.25, 0.3) is 0 Å². The minimum Gasteiger partial charge on any atom is -0.457 e. The molecule has 0 spiro atoms. The minimum absolute atomic E-state index is 0.801. The first kappa shape index (κ1) is 12.2. The van der Waals surface area contributed by atoms with Gasteiger partial charge in [-0.3, -0.25) is 0 Å². The number of nitrogens with zero attached hydrogens (tertiary/aromatic N) is 1. The van der Waals surface area contributed by atoms with Gasteiger partial charge < -0.3 is 9.57 Å². The SMILES string of the molecule is CO/N=C(\C)c1ccc(Oc2ccccc2)cc1. The van der Waals surface area contributed by atoms with Crippen LogP contribution in [0.25, 0.3) is 0 Å². The summed E-state index contributed by atoms with van der Waals surface area (Å²) >= 11 is 0. The Morgan fingerprint density at radius 2 is 1.50 bits per heavy atom. The molecule has 2 aromatic carbocycles. The van der Waals surface area contributed by atoms with Crippen LogP contribution >= 0.6 is 0 Å². The molecule has 0 atom stereocenters. The average Bonchev–Trinajstić information content (AvgIpc) is 2.41. The highest BCUT2D eigenvalue weighted by Crippen LogP contribution is 2.21. The maximum atomic E-state index is 5.70. The number of hydrogen-bond acceptors (Lipinski definition) is 3. The van der Waals surface area contributed by atoms with Crippen molar-refractivity contribution in [1.82, 2.24) is 0 Å². The van der Waals surface area contributed by atoms with Crippen LogP contribution in [-0.4, -0.2) is 12.8 Å². The van der Waals surface area contributed by atoms with Crippen molar-refractivity contribution in [1.29, 1.82) is 0 Å². The molecule has 3 nitrogen and oxygen atoms in total. The second kappa shape index (κ2) is 5.87. The lowest BCUT2D eigenvalue weighted by atomic mass is 10.1. The van der Waals surface area contributed by atoms with Gasteiger partial charge in [-0.2, -0.15) is 0 Å². The summed E-state index contributed by atoms with van der Waals surface area (Å²) in [5.74, 6) is 1.63. The topological polar surface area (TPSA) is 30.8 Å². The monoisotopic (exact) mass is 241 g/mol. The maximum absolute atomic E-state index is 5.70. The van der Waals surface area contributed by atoms with Crippen LogP contribution in [-0.2, 0) is 4.84 Å². The number of rotatable bonds is 4. The molecule has 0 N–H and O–H groups in total. The minimum atomic E-state index is 0.801. The van der Waals surface area contributed by atoms with Gasteiger partial charge in [-0.15, -0.1) is 0 Å². The predicted octanol–water partition coefficient (Wildman–Crippen LogP) is 3.85. The van der Waals surface area contributed by atoms with Crippen LogP contribution in [0.3, 0.4) is 0 Å². The molecule has 0 saturated carbocycles. The van der Waals surface area contributed by atoms with Gasteiger partial charge in [-0.1, -0.05) is 23.4 Å². The Balaban J connectivity index is 2.11. The highest BCUT2D eigenvalue weighted by molar-refractivity contribution is 5.98. The van der Waals surface area contributed by atoms with Crippen molar-refractivity contribution in [2.24, 2.45) is 5.16 Å². The average molecular weight is 241 g/mol. The molecule has 0 aliphatic carbocycles. The summed E-state index contributed by atoms with van der Waals surface area (Å²) in [4.78, 5) is 4.74. The summed E-state index contributed by atoms with van der Waals surface area (Å²) in [7, 11) is 1.54. The molecule has 0 aliphatic heterocycles. The molecular weight excluding hydrogens is 226 g/mol. The fourth-order valence-corrected chi connectivity index (χ4v) is 1.58. The van der Waals surface area contributed by atoms with Gasteiger partial charge in [0, 0.05) is 0 Å². The van der Waals surface area contributed by atoms with E-state index in [4.69, 9.17) is 9.57 Å². The van der Waals surface area contributed by atoms with Gasteiger partial charge >= 0.3 is 0 Å². The van der Waals surface area contributed by atoms with Crippen LogP contribution < -0.4 is 4.74 Å². The highest BCUT2D eigenvalue weighted by atomic mass is 16.6. The van der Waals surface area contributed by atoms with E-state index in [2.05, 4.69) is 5.16 Å². The second-order valence-corrected chi connectivity index (χ2v) is 3.80. The van der Waals surface area contributed by atoms with Crippen molar-refractivity contribution in [3.63, 3.8) is 0 Å². The Labute approximate surface area is 107 Å². The van der Waals surface area contributed by atoms with Crippen molar-refractivity contribution in [2.75, 3.05) is 7.11 Å². The second-order valence-electron chi connectivity index (χ2n) is 3.80. The standard InChI is InChI=1S/C15H15NO2/c1-12(16-17-2)13-8-10-15(11-9-13)18-14-6-4-3-5-7-14/h3-11H,1-2H3/b16-12+. The molecule has 0 radical (unpaired) electrons. The van der Waals surface area contributed by atoms with Crippen molar-refractivity contribution < 1.29 is 9.57 Å². The molecule has 0 aliphatic rings. The molecule has 3 heteroatoms. The van der Waals surface area contributed by atoms with Crippen LogP contribution in [0.4, 0.5) is 0 Å². The zero-order valence-electron chi connectivity index (χ0n) is 10.5. The van der Waals surface area contributed by atoms with E-state index in [9.17, 15) is 0 Å². The first-order chi connectivity index (χ1) is 8.79. The summed E-state index contributed by atoms with van der Waals surface area (Å²) < 4.78 is 5.70. The predicted molar refractivity (Wildman–Crippen MR) is 72.2 cm³/mol. The van der Waals surface area contributed by atoms with Crippen LogP contribution in [0, 0.1) is 0 Å². The van der Waals surface area contributed by atoms with Gasteiger partial charge in [0.2, 0.25) is 0 Å². The number of para-hydroxylation sites is 1. The lowest BCUT2D eigenvalue weighted by Crippen LogP contribution is -1.95. The lowest BCUT2D eigenvalue weighted by molar-refractivity contribution is 0.213. The molecule has 0 unspecified atom stereocenters. The van der Waals surface area contributed by atoms with Crippen molar-refractivity contribution >= 4 is 5.71 Å². The van der Waals surface area contributed by atoms with E-state index in [0.29, 0.717) is 0 Å².